The molecule has 5 rings (SSSR count). The fourth-order valence-corrected chi connectivity index (χ4v) is 4.35. The summed E-state index contributed by atoms with van der Waals surface area (Å²) < 4.78 is 3.19. The van der Waals surface area contributed by atoms with Gasteiger partial charge in [0, 0.05) is 12.3 Å². The molecule has 12 heteroatoms. The molecule has 0 radical (unpaired) electrons. The fraction of sp³-hybridized carbons (Fsp3) is 0.208. The van der Waals surface area contributed by atoms with Crippen molar-refractivity contribution in [2.75, 3.05) is 5.32 Å². The van der Waals surface area contributed by atoms with E-state index in [9.17, 15) is 14.9 Å². The van der Waals surface area contributed by atoms with Crippen LogP contribution in [-0.2, 0) is 5.41 Å². The summed E-state index contributed by atoms with van der Waals surface area (Å²) in [4.78, 5) is 32.8. The highest BCUT2D eigenvalue weighted by Gasteiger charge is 2.21. The molecule has 0 aliphatic carbocycles. The molecule has 1 amide bonds. The van der Waals surface area contributed by atoms with Crippen molar-refractivity contribution in [2.24, 2.45) is 0 Å². The van der Waals surface area contributed by atoms with Crippen molar-refractivity contribution in [3.05, 3.63) is 81.1 Å². The van der Waals surface area contributed by atoms with Gasteiger partial charge >= 0.3 is 5.00 Å². The smallest absolute Gasteiger partial charge is 0.305 e. The second kappa shape index (κ2) is 8.64. The van der Waals surface area contributed by atoms with Crippen LogP contribution in [0, 0.1) is 17.0 Å². The number of nitro groups is 1. The van der Waals surface area contributed by atoms with Crippen LogP contribution in [0.15, 0.2) is 54.9 Å². The van der Waals surface area contributed by atoms with Gasteiger partial charge in [0.15, 0.2) is 5.65 Å². The van der Waals surface area contributed by atoms with Gasteiger partial charge in [-0.1, -0.05) is 44.2 Å². The topological polar surface area (TPSA) is 134 Å². The van der Waals surface area contributed by atoms with E-state index in [0.29, 0.717) is 11.0 Å². The van der Waals surface area contributed by atoms with Crippen molar-refractivity contribution in [1.29, 1.82) is 0 Å². The molecule has 1 aromatic carbocycles. The van der Waals surface area contributed by atoms with E-state index in [2.05, 4.69) is 46.3 Å². The molecule has 4 aromatic heterocycles. The van der Waals surface area contributed by atoms with Gasteiger partial charge < -0.3 is 5.32 Å². The summed E-state index contributed by atoms with van der Waals surface area (Å²) in [5.41, 5.74) is 3.24. The molecule has 0 bridgehead atoms. The van der Waals surface area contributed by atoms with Gasteiger partial charge in [-0.25, -0.2) is 9.36 Å². The minimum atomic E-state index is -0.530. The van der Waals surface area contributed by atoms with Crippen LogP contribution >= 0.6 is 11.3 Å². The molecule has 0 spiro atoms. The Morgan fingerprint density at radius 3 is 2.44 bits per heavy atom. The normalized spacial score (nSPS) is 11.7. The lowest BCUT2D eigenvalue weighted by Crippen LogP contribution is -2.14. The standard InChI is InChI=1S/C24H22N8O3S/c1-14-11-12-30(29-14)23-27-20(26-22(33)18-9-10-19(36-18)32(34)35)17-13-25-31(21(17)28-23)16-7-5-15(6-8-16)24(2,3)4/h5-13H,1-4H3,(H,26,27,28,33). The maximum absolute atomic E-state index is 12.9. The number of amides is 1. The first-order valence-corrected chi connectivity index (χ1v) is 11.9. The largest absolute Gasteiger partial charge is 0.324 e. The minimum absolute atomic E-state index is 0.00627. The van der Waals surface area contributed by atoms with Gasteiger partial charge in [0.25, 0.3) is 11.9 Å². The number of benzene rings is 1. The molecule has 1 N–H and O–H groups in total. The zero-order valence-electron chi connectivity index (χ0n) is 20.0. The van der Waals surface area contributed by atoms with Gasteiger partial charge in [-0.3, -0.25) is 14.9 Å². The Balaban J connectivity index is 1.60. The predicted octanol–water partition coefficient (Wildman–Crippen LogP) is 4.83. The lowest BCUT2D eigenvalue weighted by molar-refractivity contribution is -0.380. The molecule has 0 unspecified atom stereocenters. The highest BCUT2D eigenvalue weighted by Crippen LogP contribution is 2.28. The van der Waals surface area contributed by atoms with E-state index in [1.165, 1.54) is 22.4 Å². The van der Waals surface area contributed by atoms with Gasteiger partial charge in [-0.15, -0.1) is 0 Å². The lowest BCUT2D eigenvalue weighted by atomic mass is 9.87. The van der Waals surface area contributed by atoms with Crippen molar-refractivity contribution in [3.63, 3.8) is 0 Å². The van der Waals surface area contributed by atoms with Crippen molar-refractivity contribution in [3.8, 4) is 11.6 Å². The number of hydrogen-bond donors (Lipinski definition) is 1. The first-order chi connectivity index (χ1) is 17.1. The van der Waals surface area contributed by atoms with Crippen LogP contribution in [0.2, 0.25) is 0 Å². The number of anilines is 1. The van der Waals surface area contributed by atoms with Crippen molar-refractivity contribution in [2.45, 2.75) is 33.1 Å². The molecular formula is C24H22N8O3S. The van der Waals surface area contributed by atoms with Gasteiger partial charge in [-0.2, -0.15) is 20.2 Å². The van der Waals surface area contributed by atoms with Crippen molar-refractivity contribution in [1.82, 2.24) is 29.5 Å². The number of carbonyl (C=O) groups is 1. The van der Waals surface area contributed by atoms with Crippen molar-refractivity contribution < 1.29 is 9.72 Å². The Kier molecular flexibility index (Phi) is 5.59. The molecule has 0 fully saturated rings. The van der Waals surface area contributed by atoms with Gasteiger partial charge in [-0.05, 0) is 42.2 Å². The summed E-state index contributed by atoms with van der Waals surface area (Å²) in [7, 11) is 0. The Morgan fingerprint density at radius 1 is 1.08 bits per heavy atom. The summed E-state index contributed by atoms with van der Waals surface area (Å²) in [6.45, 7) is 8.29. The number of fused-ring (bicyclic) bond motifs is 1. The second-order valence-electron chi connectivity index (χ2n) is 9.21. The number of rotatable bonds is 5. The number of aromatic nitrogens is 6. The number of carbonyl (C=O) groups excluding carboxylic acids is 1. The van der Waals surface area contributed by atoms with Gasteiger partial charge in [0.05, 0.1) is 32.8 Å². The molecule has 0 aliphatic rings. The Labute approximate surface area is 209 Å². The van der Waals surface area contributed by atoms with Crippen LogP contribution < -0.4 is 5.32 Å². The molecule has 11 nitrogen and oxygen atoms in total. The summed E-state index contributed by atoms with van der Waals surface area (Å²) in [5, 5.41) is 23.1. The molecular weight excluding hydrogens is 480 g/mol. The van der Waals surface area contributed by atoms with Gasteiger partial charge in [0.2, 0.25) is 0 Å². The predicted molar refractivity (Wildman–Crippen MR) is 136 cm³/mol. The summed E-state index contributed by atoms with van der Waals surface area (Å²) in [6, 6.07) is 12.6. The van der Waals surface area contributed by atoms with Crippen LogP contribution in [0.5, 0.6) is 0 Å². The molecule has 0 aliphatic heterocycles. The summed E-state index contributed by atoms with van der Waals surface area (Å²) in [6.07, 6.45) is 3.31. The monoisotopic (exact) mass is 502 g/mol. The lowest BCUT2D eigenvalue weighted by Gasteiger charge is -2.19. The molecule has 0 saturated heterocycles. The van der Waals surface area contributed by atoms with Gasteiger partial charge in [0.1, 0.15) is 5.82 Å². The average Bonchev–Trinajstić information content (AvgIpc) is 3.58. The van der Waals surface area contributed by atoms with E-state index in [1.54, 1.807) is 17.1 Å². The Bertz CT molecular complexity index is 1610. The van der Waals surface area contributed by atoms with E-state index < -0.39 is 10.8 Å². The molecule has 5 aromatic rings. The highest BCUT2D eigenvalue weighted by molar-refractivity contribution is 7.17. The number of nitrogens with zero attached hydrogens (tertiary/aromatic N) is 7. The zero-order valence-corrected chi connectivity index (χ0v) is 20.8. The zero-order chi connectivity index (χ0) is 25.6. The third-order valence-corrected chi connectivity index (χ3v) is 6.59. The quantitative estimate of drug-likeness (QED) is 0.269. The van der Waals surface area contributed by atoms with E-state index in [0.717, 1.165) is 22.7 Å². The Hall–Kier alpha value is -4.45. The maximum Gasteiger partial charge on any atom is 0.324 e. The van der Waals surface area contributed by atoms with E-state index in [-0.39, 0.29) is 27.1 Å². The van der Waals surface area contributed by atoms with E-state index >= 15 is 0 Å². The van der Waals surface area contributed by atoms with Crippen LogP contribution in [0.25, 0.3) is 22.7 Å². The molecule has 0 atom stereocenters. The number of thiophene rings is 1. The summed E-state index contributed by atoms with van der Waals surface area (Å²) in [5.74, 6) is -0.0455. The molecule has 4 heterocycles. The number of nitrogens with one attached hydrogen (secondary N) is 1. The van der Waals surface area contributed by atoms with Crippen LogP contribution in [0.1, 0.15) is 41.7 Å². The maximum atomic E-state index is 12.9. The second-order valence-corrected chi connectivity index (χ2v) is 10.3. The van der Waals surface area contributed by atoms with Crippen molar-refractivity contribution >= 4 is 39.1 Å². The minimum Gasteiger partial charge on any atom is -0.305 e. The molecule has 182 valence electrons. The Morgan fingerprint density at radius 2 is 1.83 bits per heavy atom. The molecule has 0 saturated carbocycles. The van der Waals surface area contributed by atoms with E-state index in [4.69, 9.17) is 0 Å². The average molecular weight is 503 g/mol. The third kappa shape index (κ3) is 4.33. The van der Waals surface area contributed by atoms with Crippen LogP contribution in [0.3, 0.4) is 0 Å². The molecule has 36 heavy (non-hydrogen) atoms. The SMILES string of the molecule is Cc1ccn(-c2nc(NC(=O)c3ccc([N+](=O)[O-])s3)c3cnn(-c4ccc(C(C)(C)C)cc4)c3n2)n1. The van der Waals surface area contributed by atoms with Crippen LogP contribution in [0.4, 0.5) is 10.8 Å². The number of aryl methyl sites for hydroxylation is 1. The first-order valence-electron chi connectivity index (χ1n) is 11.0. The fourth-order valence-electron chi connectivity index (χ4n) is 3.63. The summed E-state index contributed by atoms with van der Waals surface area (Å²) >= 11 is 0.790. The van der Waals surface area contributed by atoms with Crippen LogP contribution in [-0.4, -0.2) is 40.4 Å². The highest BCUT2D eigenvalue weighted by atomic mass is 32.1. The number of hydrogen-bond acceptors (Lipinski definition) is 8. The first kappa shape index (κ1) is 23.3. The third-order valence-electron chi connectivity index (χ3n) is 5.55. The van der Waals surface area contributed by atoms with E-state index in [1.807, 2.05) is 37.3 Å².